The average molecular weight is 587 g/mol. The molecule has 40 heavy (non-hydrogen) atoms. The number of nitrogens with zero attached hydrogens (tertiary/aromatic N) is 3. The largest absolute Gasteiger partial charge is 0.478 e. The van der Waals surface area contributed by atoms with E-state index in [1.54, 1.807) is 30.3 Å². The lowest BCUT2D eigenvalue weighted by Crippen LogP contribution is -2.55. The number of carbonyl (C=O) groups excluding carboxylic acids is 1. The molecule has 0 aromatic heterocycles. The molecule has 8 heteroatoms. The Morgan fingerprint density at radius 1 is 0.975 bits per heavy atom. The van der Waals surface area contributed by atoms with Crippen LogP contribution in [0.2, 0.25) is 10.0 Å². The van der Waals surface area contributed by atoms with E-state index in [9.17, 15) is 14.7 Å². The van der Waals surface area contributed by atoms with Gasteiger partial charge in [0.15, 0.2) is 0 Å². The minimum Gasteiger partial charge on any atom is -0.478 e. The summed E-state index contributed by atoms with van der Waals surface area (Å²) in [5.41, 5.74) is 1.66. The summed E-state index contributed by atoms with van der Waals surface area (Å²) in [4.78, 5) is 35.7. The maximum atomic E-state index is 14.4. The molecule has 1 fully saturated rings. The number of aromatic carboxylic acids is 1. The highest BCUT2D eigenvalue weighted by Crippen LogP contribution is 2.45. The topological polar surface area (TPSA) is 73.2 Å². The Balaban J connectivity index is 1.79. The van der Waals surface area contributed by atoms with Crippen LogP contribution >= 0.6 is 23.2 Å². The minimum atomic E-state index is -0.971. The highest BCUT2D eigenvalue weighted by Gasteiger charge is 2.52. The van der Waals surface area contributed by atoms with Crippen molar-refractivity contribution in [2.75, 3.05) is 19.6 Å². The normalized spacial score (nSPS) is 18.8. The SMILES string of the molecule is CC(C)(C)CCC(c1ccc(C(=O)O)cc1)N1C(=O)C(c2cc(Cl)cc(Cl)c2)=NC12CCN(CC(C)(C)C)CC2. The van der Waals surface area contributed by atoms with Crippen molar-refractivity contribution in [3.8, 4) is 0 Å². The highest BCUT2D eigenvalue weighted by atomic mass is 35.5. The van der Waals surface area contributed by atoms with Crippen molar-refractivity contribution in [1.82, 2.24) is 9.80 Å². The van der Waals surface area contributed by atoms with Crippen LogP contribution in [0.1, 0.15) is 94.8 Å². The van der Waals surface area contributed by atoms with Crippen LogP contribution < -0.4 is 0 Å². The first kappa shape index (κ1) is 30.5. The van der Waals surface area contributed by atoms with Gasteiger partial charge in [0.05, 0.1) is 11.6 Å². The maximum Gasteiger partial charge on any atom is 0.335 e. The predicted octanol–water partition coefficient (Wildman–Crippen LogP) is 7.73. The molecule has 216 valence electrons. The van der Waals surface area contributed by atoms with E-state index in [0.29, 0.717) is 34.2 Å². The number of carbonyl (C=O) groups is 2. The van der Waals surface area contributed by atoms with Crippen LogP contribution in [0.15, 0.2) is 47.5 Å². The molecule has 1 saturated heterocycles. The number of carboxylic acids is 1. The van der Waals surface area contributed by atoms with Gasteiger partial charge in [0.1, 0.15) is 11.4 Å². The Bertz CT molecular complexity index is 1260. The summed E-state index contributed by atoms with van der Waals surface area (Å²) in [6.07, 6.45) is 3.04. The van der Waals surface area contributed by atoms with Crippen LogP contribution in [0, 0.1) is 10.8 Å². The molecule has 1 spiro atoms. The molecule has 0 saturated carbocycles. The molecule has 1 atom stereocenters. The van der Waals surface area contributed by atoms with Gasteiger partial charge in [-0.2, -0.15) is 0 Å². The second-order valence-corrected chi connectivity index (χ2v) is 14.5. The van der Waals surface area contributed by atoms with Crippen LogP contribution in [-0.2, 0) is 4.79 Å². The van der Waals surface area contributed by atoms with Gasteiger partial charge in [-0.3, -0.25) is 9.79 Å². The molecular formula is C32H41Cl2N3O3. The van der Waals surface area contributed by atoms with E-state index in [2.05, 4.69) is 46.4 Å². The fourth-order valence-electron chi connectivity index (χ4n) is 5.88. The van der Waals surface area contributed by atoms with Gasteiger partial charge in [-0.15, -0.1) is 0 Å². The lowest BCUT2D eigenvalue weighted by atomic mass is 9.84. The Labute approximate surface area is 248 Å². The number of aliphatic imine (C=N–C) groups is 1. The molecule has 2 heterocycles. The van der Waals surface area contributed by atoms with Gasteiger partial charge < -0.3 is 14.9 Å². The number of amides is 1. The number of hydrogen-bond donors (Lipinski definition) is 1. The Morgan fingerprint density at radius 2 is 1.55 bits per heavy atom. The van der Waals surface area contributed by atoms with Crippen molar-refractivity contribution >= 4 is 40.8 Å². The number of rotatable bonds is 7. The number of carboxylic acid groups (broad SMARTS) is 1. The Hall–Kier alpha value is -2.41. The van der Waals surface area contributed by atoms with Gasteiger partial charge in [0, 0.05) is 48.1 Å². The average Bonchev–Trinajstić information content (AvgIpc) is 3.11. The second kappa shape index (κ2) is 11.5. The van der Waals surface area contributed by atoms with Crippen molar-refractivity contribution in [3.63, 3.8) is 0 Å². The molecule has 0 radical (unpaired) electrons. The zero-order valence-corrected chi connectivity index (χ0v) is 25.9. The fraction of sp³-hybridized carbons (Fsp3) is 0.531. The Morgan fingerprint density at radius 3 is 2.05 bits per heavy atom. The van der Waals surface area contributed by atoms with E-state index in [1.165, 1.54) is 0 Å². The van der Waals surface area contributed by atoms with Gasteiger partial charge in [0.25, 0.3) is 5.91 Å². The van der Waals surface area contributed by atoms with Crippen LogP contribution in [0.25, 0.3) is 0 Å². The number of halogens is 2. The molecule has 1 N–H and O–H groups in total. The maximum absolute atomic E-state index is 14.4. The van der Waals surface area contributed by atoms with E-state index >= 15 is 0 Å². The van der Waals surface area contributed by atoms with Crippen LogP contribution in [0.4, 0.5) is 0 Å². The van der Waals surface area contributed by atoms with E-state index in [0.717, 1.165) is 38.0 Å². The molecule has 0 bridgehead atoms. The molecule has 2 aromatic carbocycles. The first-order valence-electron chi connectivity index (χ1n) is 14.0. The molecule has 2 aliphatic rings. The van der Waals surface area contributed by atoms with Gasteiger partial charge in [-0.25, -0.2) is 4.79 Å². The number of likely N-dealkylation sites (tertiary alicyclic amines) is 1. The third-order valence-corrected chi connectivity index (χ3v) is 8.14. The van der Waals surface area contributed by atoms with Crippen molar-refractivity contribution in [3.05, 3.63) is 69.2 Å². The van der Waals surface area contributed by atoms with Crippen LogP contribution in [0.3, 0.4) is 0 Å². The first-order valence-corrected chi connectivity index (χ1v) is 14.8. The molecule has 2 aromatic rings. The highest BCUT2D eigenvalue weighted by molar-refractivity contribution is 6.47. The summed E-state index contributed by atoms with van der Waals surface area (Å²) in [6.45, 7) is 15.9. The zero-order valence-electron chi connectivity index (χ0n) is 24.4. The van der Waals surface area contributed by atoms with Crippen LogP contribution in [0.5, 0.6) is 0 Å². The molecule has 2 aliphatic heterocycles. The summed E-state index contributed by atoms with van der Waals surface area (Å²) in [7, 11) is 0. The van der Waals surface area contributed by atoms with Gasteiger partial charge in [-0.05, 0) is 59.6 Å². The van der Waals surface area contributed by atoms with Crippen molar-refractivity contribution in [2.45, 2.75) is 78.9 Å². The quantitative estimate of drug-likeness (QED) is 0.361. The lowest BCUT2D eigenvalue weighted by Gasteiger charge is -2.47. The van der Waals surface area contributed by atoms with E-state index < -0.39 is 11.6 Å². The predicted molar refractivity (Wildman–Crippen MR) is 163 cm³/mol. The van der Waals surface area contributed by atoms with Crippen molar-refractivity contribution in [1.29, 1.82) is 0 Å². The summed E-state index contributed by atoms with van der Waals surface area (Å²) < 4.78 is 0. The summed E-state index contributed by atoms with van der Waals surface area (Å²) in [5, 5.41) is 10.4. The summed E-state index contributed by atoms with van der Waals surface area (Å²) in [5.74, 6) is -1.11. The fourth-order valence-corrected chi connectivity index (χ4v) is 6.40. The van der Waals surface area contributed by atoms with Gasteiger partial charge in [0.2, 0.25) is 0 Å². The monoisotopic (exact) mass is 585 g/mol. The molecule has 1 amide bonds. The lowest BCUT2D eigenvalue weighted by molar-refractivity contribution is -0.134. The number of benzene rings is 2. The van der Waals surface area contributed by atoms with Gasteiger partial charge >= 0.3 is 5.97 Å². The molecule has 0 aliphatic carbocycles. The van der Waals surface area contributed by atoms with Crippen LogP contribution in [-0.4, -0.2) is 57.8 Å². The first-order chi connectivity index (χ1) is 18.6. The molecular weight excluding hydrogens is 545 g/mol. The third-order valence-electron chi connectivity index (χ3n) is 7.70. The molecule has 1 unspecified atom stereocenters. The van der Waals surface area contributed by atoms with Crippen molar-refractivity contribution < 1.29 is 14.7 Å². The third kappa shape index (κ3) is 7.07. The van der Waals surface area contributed by atoms with E-state index in [1.807, 2.05) is 17.0 Å². The van der Waals surface area contributed by atoms with E-state index in [-0.39, 0.29) is 28.3 Å². The van der Waals surface area contributed by atoms with Crippen molar-refractivity contribution in [2.24, 2.45) is 15.8 Å². The van der Waals surface area contributed by atoms with E-state index in [4.69, 9.17) is 28.2 Å². The number of hydrogen-bond acceptors (Lipinski definition) is 4. The smallest absolute Gasteiger partial charge is 0.335 e. The number of piperidine rings is 1. The Kier molecular flexibility index (Phi) is 8.75. The zero-order chi connectivity index (χ0) is 29.5. The molecule has 6 nitrogen and oxygen atoms in total. The summed E-state index contributed by atoms with van der Waals surface area (Å²) in [6, 6.07) is 11.8. The van der Waals surface area contributed by atoms with Gasteiger partial charge in [-0.1, -0.05) is 76.9 Å². The summed E-state index contributed by atoms with van der Waals surface area (Å²) >= 11 is 12.7. The minimum absolute atomic E-state index is 0.0510. The molecule has 4 rings (SSSR count). The second-order valence-electron chi connectivity index (χ2n) is 13.7. The standard InChI is InChI=1S/C32H41Cl2N3O3/c1-30(2,3)12-11-26(21-7-9-22(10-8-21)29(39)40)37-28(38)27(23-17-24(33)19-25(34)18-23)35-32(37)13-15-36(16-14-32)20-31(4,5)6/h7-10,17-19,26H,11-16,20H2,1-6H3,(H,39,40).